The Morgan fingerprint density at radius 2 is 1.78 bits per heavy atom. The normalized spacial score (nSPS) is 42.0. The van der Waals surface area contributed by atoms with E-state index in [2.05, 4.69) is 0 Å². The van der Waals surface area contributed by atoms with E-state index in [9.17, 15) is 25.5 Å². The van der Waals surface area contributed by atoms with Crippen LogP contribution in [0, 0.1) is 0 Å². The zero-order valence-corrected chi connectivity index (χ0v) is 10.2. The largest absolute Gasteiger partial charge is 0.390 e. The SMILES string of the molecule is CCC[C@H](O)[C@@H]1OCC2=C1[C@@H](O)[C@@H](O)[C@@H](O)[C@H]2O. The van der Waals surface area contributed by atoms with Gasteiger partial charge in [0.1, 0.15) is 30.5 Å². The van der Waals surface area contributed by atoms with Crippen LogP contribution in [0.25, 0.3) is 0 Å². The molecule has 6 atom stereocenters. The minimum Gasteiger partial charge on any atom is -0.390 e. The summed E-state index contributed by atoms with van der Waals surface area (Å²) in [6, 6.07) is 0. The standard InChI is InChI=1S/C12H20O6/c1-2-3-6(13)12-7-5(4-18-12)8(14)10(16)11(17)9(7)15/h6,8-17H,2-4H2,1H3/t6-,8-,9+,10-,11+,12-/m0/s1. The van der Waals surface area contributed by atoms with Crippen LogP contribution in [-0.4, -0.2) is 68.8 Å². The number of ether oxygens (including phenoxy) is 1. The van der Waals surface area contributed by atoms with Gasteiger partial charge in [-0.15, -0.1) is 0 Å². The van der Waals surface area contributed by atoms with E-state index in [1.807, 2.05) is 6.92 Å². The molecule has 0 radical (unpaired) electrons. The van der Waals surface area contributed by atoms with Crippen molar-refractivity contribution in [1.29, 1.82) is 0 Å². The second-order valence-corrected chi connectivity index (χ2v) is 4.94. The number of rotatable bonds is 3. The molecule has 0 aromatic carbocycles. The molecule has 0 bridgehead atoms. The van der Waals surface area contributed by atoms with Crippen molar-refractivity contribution in [3.05, 3.63) is 11.1 Å². The molecule has 2 rings (SSSR count). The Balaban J connectivity index is 2.28. The molecule has 2 aliphatic rings. The first-order valence-corrected chi connectivity index (χ1v) is 6.23. The number of aliphatic hydroxyl groups is 5. The second kappa shape index (κ2) is 5.24. The topological polar surface area (TPSA) is 110 Å². The molecular formula is C12H20O6. The van der Waals surface area contributed by atoms with E-state index in [-0.39, 0.29) is 6.61 Å². The van der Waals surface area contributed by atoms with E-state index in [1.165, 1.54) is 0 Å². The van der Waals surface area contributed by atoms with E-state index in [0.717, 1.165) is 6.42 Å². The lowest BCUT2D eigenvalue weighted by Crippen LogP contribution is -2.52. The summed E-state index contributed by atoms with van der Waals surface area (Å²) >= 11 is 0. The van der Waals surface area contributed by atoms with E-state index >= 15 is 0 Å². The molecule has 0 fully saturated rings. The molecule has 0 saturated carbocycles. The molecule has 0 aromatic rings. The highest BCUT2D eigenvalue weighted by Gasteiger charge is 2.48. The maximum atomic E-state index is 9.95. The third kappa shape index (κ3) is 2.09. The molecule has 1 aliphatic heterocycles. The van der Waals surface area contributed by atoms with Crippen molar-refractivity contribution >= 4 is 0 Å². The first-order valence-electron chi connectivity index (χ1n) is 6.23. The van der Waals surface area contributed by atoms with Crippen LogP contribution in [0.1, 0.15) is 19.8 Å². The molecule has 0 saturated heterocycles. The summed E-state index contributed by atoms with van der Waals surface area (Å²) in [5.41, 5.74) is 0.696. The van der Waals surface area contributed by atoms with Crippen molar-refractivity contribution in [2.45, 2.75) is 56.4 Å². The van der Waals surface area contributed by atoms with Gasteiger partial charge in [-0.1, -0.05) is 13.3 Å². The number of hydrogen-bond acceptors (Lipinski definition) is 6. The molecule has 6 nitrogen and oxygen atoms in total. The minimum absolute atomic E-state index is 0.0583. The fraction of sp³-hybridized carbons (Fsp3) is 0.833. The fourth-order valence-electron chi connectivity index (χ4n) is 2.68. The highest BCUT2D eigenvalue weighted by Crippen LogP contribution is 2.36. The molecule has 18 heavy (non-hydrogen) atoms. The van der Waals surface area contributed by atoms with Gasteiger partial charge < -0.3 is 30.3 Å². The van der Waals surface area contributed by atoms with Crippen LogP contribution < -0.4 is 0 Å². The molecule has 0 spiro atoms. The van der Waals surface area contributed by atoms with Crippen molar-refractivity contribution in [3.63, 3.8) is 0 Å². The van der Waals surface area contributed by atoms with Crippen molar-refractivity contribution < 1.29 is 30.3 Å². The zero-order valence-electron chi connectivity index (χ0n) is 10.2. The van der Waals surface area contributed by atoms with Gasteiger partial charge in [0.05, 0.1) is 12.7 Å². The van der Waals surface area contributed by atoms with Gasteiger partial charge in [-0.05, 0) is 17.6 Å². The van der Waals surface area contributed by atoms with Crippen molar-refractivity contribution in [2.24, 2.45) is 0 Å². The summed E-state index contributed by atoms with van der Waals surface area (Å²) in [5.74, 6) is 0. The first kappa shape index (κ1) is 13.9. The lowest BCUT2D eigenvalue weighted by atomic mass is 9.81. The van der Waals surface area contributed by atoms with Gasteiger partial charge >= 0.3 is 0 Å². The van der Waals surface area contributed by atoms with Gasteiger partial charge in [-0.3, -0.25) is 0 Å². The van der Waals surface area contributed by atoms with E-state index < -0.39 is 36.6 Å². The van der Waals surface area contributed by atoms with Gasteiger partial charge in [0.15, 0.2) is 0 Å². The third-order valence-electron chi connectivity index (χ3n) is 3.70. The predicted molar refractivity (Wildman–Crippen MR) is 61.7 cm³/mol. The monoisotopic (exact) mass is 260 g/mol. The summed E-state index contributed by atoms with van der Waals surface area (Å²) < 4.78 is 5.39. The van der Waals surface area contributed by atoms with Gasteiger partial charge in [-0.2, -0.15) is 0 Å². The van der Waals surface area contributed by atoms with E-state index in [4.69, 9.17) is 4.74 Å². The molecule has 1 heterocycles. The van der Waals surface area contributed by atoms with E-state index in [1.54, 1.807) is 0 Å². The summed E-state index contributed by atoms with van der Waals surface area (Å²) in [4.78, 5) is 0. The van der Waals surface area contributed by atoms with Crippen LogP contribution in [0.2, 0.25) is 0 Å². The van der Waals surface area contributed by atoms with Crippen LogP contribution in [0.4, 0.5) is 0 Å². The van der Waals surface area contributed by atoms with Gasteiger partial charge in [0.2, 0.25) is 0 Å². The van der Waals surface area contributed by atoms with Gasteiger partial charge in [0.25, 0.3) is 0 Å². The van der Waals surface area contributed by atoms with E-state index in [0.29, 0.717) is 17.6 Å². The summed E-state index contributed by atoms with van der Waals surface area (Å²) in [5, 5.41) is 49.0. The minimum atomic E-state index is -1.46. The molecule has 5 N–H and O–H groups in total. The van der Waals surface area contributed by atoms with Crippen LogP contribution in [-0.2, 0) is 4.74 Å². The molecule has 0 amide bonds. The smallest absolute Gasteiger partial charge is 0.113 e. The Bertz CT molecular complexity index is 341. The third-order valence-corrected chi connectivity index (χ3v) is 3.70. The summed E-state index contributed by atoms with van der Waals surface area (Å²) in [7, 11) is 0. The van der Waals surface area contributed by atoms with Crippen molar-refractivity contribution in [2.75, 3.05) is 6.61 Å². The Kier molecular flexibility index (Phi) is 4.05. The van der Waals surface area contributed by atoms with Crippen LogP contribution in [0.5, 0.6) is 0 Å². The van der Waals surface area contributed by atoms with Crippen LogP contribution in [0.15, 0.2) is 11.1 Å². The van der Waals surface area contributed by atoms with Crippen LogP contribution >= 0.6 is 0 Å². The molecular weight excluding hydrogens is 240 g/mol. The summed E-state index contributed by atoms with van der Waals surface area (Å²) in [6.45, 7) is 1.97. The molecule has 104 valence electrons. The second-order valence-electron chi connectivity index (χ2n) is 4.94. The highest BCUT2D eigenvalue weighted by atomic mass is 16.5. The first-order chi connectivity index (χ1) is 8.49. The molecule has 1 aliphatic carbocycles. The summed E-state index contributed by atoms with van der Waals surface area (Å²) in [6.07, 6.45) is -5.69. The fourth-order valence-corrected chi connectivity index (χ4v) is 2.68. The molecule has 0 aromatic heterocycles. The Hall–Kier alpha value is -0.500. The predicted octanol–water partition coefficient (Wildman–Crippen LogP) is -1.70. The Labute approximate surface area is 105 Å². The van der Waals surface area contributed by atoms with Crippen molar-refractivity contribution in [1.82, 2.24) is 0 Å². The maximum Gasteiger partial charge on any atom is 0.113 e. The quantitative estimate of drug-likeness (QED) is 0.387. The molecule has 0 unspecified atom stereocenters. The van der Waals surface area contributed by atoms with Crippen molar-refractivity contribution in [3.8, 4) is 0 Å². The average Bonchev–Trinajstić information content (AvgIpc) is 2.79. The lowest BCUT2D eigenvalue weighted by Gasteiger charge is -2.35. The average molecular weight is 260 g/mol. The highest BCUT2D eigenvalue weighted by molar-refractivity contribution is 5.36. The van der Waals surface area contributed by atoms with Crippen LogP contribution in [0.3, 0.4) is 0 Å². The Morgan fingerprint density at radius 1 is 1.17 bits per heavy atom. The lowest BCUT2D eigenvalue weighted by molar-refractivity contribution is -0.0988. The number of hydrogen-bond donors (Lipinski definition) is 5. The Morgan fingerprint density at radius 3 is 2.39 bits per heavy atom. The zero-order chi connectivity index (χ0) is 13.4. The van der Waals surface area contributed by atoms with Gasteiger partial charge in [-0.25, -0.2) is 0 Å². The van der Waals surface area contributed by atoms with Gasteiger partial charge in [0, 0.05) is 0 Å². The maximum absolute atomic E-state index is 9.95. The number of aliphatic hydroxyl groups excluding tert-OH is 5. The molecule has 6 heteroatoms.